The van der Waals surface area contributed by atoms with Gasteiger partial charge in [-0.15, -0.1) is 0 Å². The third-order valence-corrected chi connectivity index (χ3v) is 5.46. The van der Waals surface area contributed by atoms with Crippen molar-refractivity contribution in [3.05, 3.63) is 38.9 Å². The zero-order valence-corrected chi connectivity index (χ0v) is 15.6. The van der Waals surface area contributed by atoms with E-state index in [9.17, 15) is 19.1 Å². The van der Waals surface area contributed by atoms with Crippen LogP contribution in [0.4, 0.5) is 10.1 Å². The van der Waals surface area contributed by atoms with Crippen LogP contribution in [-0.2, 0) is 4.74 Å². The minimum Gasteiger partial charge on any atom is -0.462 e. The predicted molar refractivity (Wildman–Crippen MR) is 100 cm³/mol. The summed E-state index contributed by atoms with van der Waals surface area (Å²) in [5, 5.41) is 9.99. The van der Waals surface area contributed by atoms with Crippen LogP contribution >= 0.6 is 11.6 Å². The van der Waals surface area contributed by atoms with Crippen molar-refractivity contribution in [1.29, 1.82) is 0 Å². The molecule has 1 saturated carbocycles. The number of anilines is 1. The molecule has 2 aliphatic rings. The highest BCUT2D eigenvalue weighted by molar-refractivity contribution is 6.38. The van der Waals surface area contributed by atoms with Crippen molar-refractivity contribution in [2.45, 2.75) is 38.3 Å². The number of carbonyl (C=O) groups excluding carboxylic acids is 1. The number of ether oxygens (including phenoxy) is 1. The third-order valence-electron chi connectivity index (χ3n) is 5.10. The van der Waals surface area contributed by atoms with E-state index in [1.165, 1.54) is 6.20 Å². The van der Waals surface area contributed by atoms with Gasteiger partial charge < -0.3 is 19.3 Å². The first-order valence-corrected chi connectivity index (χ1v) is 9.47. The lowest BCUT2D eigenvalue weighted by molar-refractivity contribution is 0.0524. The van der Waals surface area contributed by atoms with Crippen LogP contribution in [0.3, 0.4) is 0 Å². The van der Waals surface area contributed by atoms with Gasteiger partial charge in [0.05, 0.1) is 34.3 Å². The molecule has 2 heterocycles. The second kappa shape index (κ2) is 6.80. The summed E-state index contributed by atoms with van der Waals surface area (Å²) >= 11 is 6.58. The zero-order chi connectivity index (χ0) is 19.3. The maximum atomic E-state index is 14.9. The first-order chi connectivity index (χ1) is 12.9. The van der Waals surface area contributed by atoms with Crippen LogP contribution in [0.15, 0.2) is 17.1 Å². The maximum absolute atomic E-state index is 14.9. The van der Waals surface area contributed by atoms with Crippen molar-refractivity contribution in [3.63, 3.8) is 0 Å². The number of benzene rings is 1. The Balaban J connectivity index is 1.97. The average molecular weight is 395 g/mol. The van der Waals surface area contributed by atoms with E-state index in [-0.39, 0.29) is 40.9 Å². The summed E-state index contributed by atoms with van der Waals surface area (Å²) in [6.07, 6.45) is 3.27. The van der Waals surface area contributed by atoms with Crippen LogP contribution in [0, 0.1) is 5.82 Å². The summed E-state index contributed by atoms with van der Waals surface area (Å²) in [6.45, 7) is 2.57. The standard InChI is InChI=1S/C19H20ClFN2O4/c1-2-27-19(26)13-9-23(10-3-4-10)16-12(18(13)25)7-14(21)17(15(16)20)22-6-5-11(24)8-22/h7,9-11,24H,2-6,8H2,1H3/t11-/m0/s1. The molecule has 6 nitrogen and oxygen atoms in total. The number of esters is 1. The number of nitrogens with zero attached hydrogens (tertiary/aromatic N) is 2. The number of hydrogen-bond acceptors (Lipinski definition) is 5. The largest absolute Gasteiger partial charge is 0.462 e. The van der Waals surface area contributed by atoms with Gasteiger partial charge in [-0.3, -0.25) is 4.79 Å². The lowest BCUT2D eigenvalue weighted by Crippen LogP contribution is -2.25. The van der Waals surface area contributed by atoms with Gasteiger partial charge in [-0.25, -0.2) is 9.18 Å². The van der Waals surface area contributed by atoms with Crippen LogP contribution in [-0.4, -0.2) is 41.4 Å². The number of halogens is 2. The van der Waals surface area contributed by atoms with Crippen molar-refractivity contribution in [1.82, 2.24) is 4.57 Å². The van der Waals surface area contributed by atoms with Gasteiger partial charge in [-0.05, 0) is 32.3 Å². The van der Waals surface area contributed by atoms with Gasteiger partial charge in [0.2, 0.25) is 5.43 Å². The van der Waals surface area contributed by atoms with Crippen molar-refractivity contribution in [2.24, 2.45) is 0 Å². The Morgan fingerprint density at radius 3 is 2.74 bits per heavy atom. The SMILES string of the molecule is CCOC(=O)c1cn(C2CC2)c2c(Cl)c(N3CC[C@H](O)C3)c(F)cc2c1=O. The molecule has 8 heteroatoms. The molecule has 2 aromatic rings. The molecule has 1 aliphatic carbocycles. The van der Waals surface area contributed by atoms with E-state index >= 15 is 0 Å². The topological polar surface area (TPSA) is 71.8 Å². The highest BCUT2D eigenvalue weighted by Gasteiger charge is 2.32. The summed E-state index contributed by atoms with van der Waals surface area (Å²) in [5.74, 6) is -1.36. The summed E-state index contributed by atoms with van der Waals surface area (Å²) < 4.78 is 21.7. The number of hydrogen-bond donors (Lipinski definition) is 1. The van der Waals surface area contributed by atoms with Gasteiger partial charge in [0.1, 0.15) is 11.4 Å². The van der Waals surface area contributed by atoms with Gasteiger partial charge in [0.25, 0.3) is 0 Å². The number of β-amino-alcohol motifs (C(OH)–C–C–N with tert-alkyl or cyclic N) is 1. The van der Waals surface area contributed by atoms with E-state index in [0.717, 1.165) is 18.9 Å². The summed E-state index contributed by atoms with van der Waals surface area (Å²) in [5.41, 5.74) is -0.0846. The van der Waals surface area contributed by atoms with Crippen LogP contribution in [0.5, 0.6) is 0 Å². The molecule has 27 heavy (non-hydrogen) atoms. The normalized spacial score (nSPS) is 19.7. The van der Waals surface area contributed by atoms with Crippen LogP contribution in [0.25, 0.3) is 10.9 Å². The fourth-order valence-electron chi connectivity index (χ4n) is 3.66. The minimum absolute atomic E-state index is 0.0680. The molecule has 144 valence electrons. The molecule has 0 amide bonds. The Hall–Kier alpha value is -2.12. The molecule has 0 unspecified atom stereocenters. The molecule has 4 rings (SSSR count). The second-order valence-electron chi connectivity index (χ2n) is 7.04. The van der Waals surface area contributed by atoms with E-state index in [0.29, 0.717) is 18.5 Å². The molecule has 1 aromatic heterocycles. The average Bonchev–Trinajstić information content (AvgIpc) is 3.38. The van der Waals surface area contributed by atoms with Crippen LogP contribution in [0.1, 0.15) is 42.6 Å². The molecule has 1 atom stereocenters. The number of rotatable bonds is 4. The Labute approximate surface area is 160 Å². The lowest BCUT2D eigenvalue weighted by Gasteiger charge is -2.23. The van der Waals surface area contributed by atoms with E-state index in [2.05, 4.69) is 0 Å². The van der Waals surface area contributed by atoms with Crippen LogP contribution in [0.2, 0.25) is 5.02 Å². The van der Waals surface area contributed by atoms with Crippen LogP contribution < -0.4 is 10.3 Å². The van der Waals surface area contributed by atoms with Crippen molar-refractivity contribution >= 4 is 34.2 Å². The van der Waals surface area contributed by atoms with Crippen molar-refractivity contribution < 1.29 is 19.0 Å². The molecular formula is C19H20ClFN2O4. The zero-order valence-electron chi connectivity index (χ0n) is 14.9. The molecule has 0 radical (unpaired) electrons. The highest BCUT2D eigenvalue weighted by Crippen LogP contribution is 2.42. The monoisotopic (exact) mass is 394 g/mol. The lowest BCUT2D eigenvalue weighted by atomic mass is 10.1. The number of aliphatic hydroxyl groups is 1. The van der Waals surface area contributed by atoms with E-state index < -0.39 is 23.3 Å². The molecule has 0 spiro atoms. The smallest absolute Gasteiger partial charge is 0.343 e. The predicted octanol–water partition coefficient (Wildman–Crippen LogP) is 2.88. The Kier molecular flexibility index (Phi) is 4.60. The Morgan fingerprint density at radius 2 is 2.15 bits per heavy atom. The first-order valence-electron chi connectivity index (χ1n) is 9.09. The fraction of sp³-hybridized carbons (Fsp3) is 0.474. The number of aromatic nitrogens is 1. The van der Waals surface area contributed by atoms with Gasteiger partial charge >= 0.3 is 5.97 Å². The third kappa shape index (κ3) is 3.08. The molecule has 1 aliphatic heterocycles. The van der Waals surface area contributed by atoms with Gasteiger partial charge in [0, 0.05) is 25.3 Å². The number of aliphatic hydroxyl groups excluding tert-OH is 1. The molecule has 0 bridgehead atoms. The fourth-order valence-corrected chi connectivity index (χ4v) is 4.07. The van der Waals surface area contributed by atoms with Crippen molar-refractivity contribution in [3.8, 4) is 0 Å². The number of carbonyl (C=O) groups is 1. The van der Waals surface area contributed by atoms with E-state index in [1.54, 1.807) is 16.4 Å². The number of pyridine rings is 1. The highest BCUT2D eigenvalue weighted by atomic mass is 35.5. The summed E-state index contributed by atoms with van der Waals surface area (Å²) in [4.78, 5) is 26.7. The van der Waals surface area contributed by atoms with Gasteiger partial charge in [0.15, 0.2) is 0 Å². The van der Waals surface area contributed by atoms with Gasteiger partial charge in [-0.2, -0.15) is 0 Å². The van der Waals surface area contributed by atoms with E-state index in [4.69, 9.17) is 16.3 Å². The maximum Gasteiger partial charge on any atom is 0.343 e. The Bertz CT molecular complexity index is 986. The second-order valence-corrected chi connectivity index (χ2v) is 7.41. The minimum atomic E-state index is -0.720. The summed E-state index contributed by atoms with van der Waals surface area (Å²) in [6, 6.07) is 1.26. The molecular weight excluding hydrogens is 375 g/mol. The molecule has 1 saturated heterocycles. The summed E-state index contributed by atoms with van der Waals surface area (Å²) in [7, 11) is 0. The first kappa shape index (κ1) is 18.3. The van der Waals surface area contributed by atoms with Crippen molar-refractivity contribution in [2.75, 3.05) is 24.6 Å². The Morgan fingerprint density at radius 1 is 1.41 bits per heavy atom. The molecule has 2 fully saturated rings. The molecule has 1 N–H and O–H groups in total. The molecule has 1 aromatic carbocycles. The quantitative estimate of drug-likeness (QED) is 0.807. The van der Waals surface area contributed by atoms with Gasteiger partial charge in [-0.1, -0.05) is 11.6 Å². The number of fused-ring (bicyclic) bond motifs is 1. The van der Waals surface area contributed by atoms with E-state index in [1.807, 2.05) is 0 Å².